The predicted octanol–water partition coefficient (Wildman–Crippen LogP) is 2.62. The third-order valence-corrected chi connectivity index (χ3v) is 5.20. The Labute approximate surface area is 131 Å². The summed E-state index contributed by atoms with van der Waals surface area (Å²) in [4.78, 5) is 14.3. The summed E-state index contributed by atoms with van der Waals surface area (Å²) in [6, 6.07) is 3.37. The number of hydrogen-bond donors (Lipinski definition) is 2. The van der Waals surface area contributed by atoms with Crippen LogP contribution in [-0.4, -0.2) is 35.0 Å². The van der Waals surface area contributed by atoms with Gasteiger partial charge >= 0.3 is 0 Å². The number of likely N-dealkylation sites (tertiary alicyclic amines) is 1. The summed E-state index contributed by atoms with van der Waals surface area (Å²) in [5.74, 6) is 0.566. The Hall–Kier alpha value is -0.780. The van der Waals surface area contributed by atoms with Gasteiger partial charge in [-0.2, -0.15) is 0 Å². The summed E-state index contributed by atoms with van der Waals surface area (Å²) >= 11 is 9.21. The zero-order valence-electron chi connectivity index (χ0n) is 10.9. The number of phenolic OH excluding ortho intramolecular Hbond substituents is 1. The molecule has 1 aliphatic heterocycles. The van der Waals surface area contributed by atoms with Crippen LogP contribution in [0.5, 0.6) is 5.75 Å². The van der Waals surface area contributed by atoms with Gasteiger partial charge in [0.25, 0.3) is 5.91 Å². The van der Waals surface area contributed by atoms with E-state index < -0.39 is 0 Å². The molecular weight excluding hydrogens is 344 g/mol. The van der Waals surface area contributed by atoms with Gasteiger partial charge in [0.05, 0.1) is 10.6 Å². The van der Waals surface area contributed by atoms with Crippen LogP contribution in [0.15, 0.2) is 16.6 Å². The zero-order valence-corrected chi connectivity index (χ0v) is 13.2. The van der Waals surface area contributed by atoms with Gasteiger partial charge in [-0.1, -0.05) is 27.5 Å². The minimum absolute atomic E-state index is 0.152. The third-order valence-electron chi connectivity index (χ3n) is 4.46. The van der Waals surface area contributed by atoms with Crippen molar-refractivity contribution in [2.45, 2.75) is 18.9 Å². The summed E-state index contributed by atoms with van der Waals surface area (Å²) in [6.45, 7) is 1.40. The molecule has 0 bridgehead atoms. The molecule has 1 aliphatic carbocycles. The lowest BCUT2D eigenvalue weighted by atomic mass is 9.98. The largest absolute Gasteiger partial charge is 0.506 e. The van der Waals surface area contributed by atoms with E-state index in [9.17, 15) is 9.90 Å². The SMILES string of the molecule is NC1CCC2CN(C(=O)c3cc(Br)cc(Cl)c3O)CC12. The number of aromatic hydroxyl groups is 1. The van der Waals surface area contributed by atoms with Gasteiger partial charge in [-0.15, -0.1) is 0 Å². The Balaban J connectivity index is 1.84. The first-order valence-corrected chi connectivity index (χ1v) is 7.87. The van der Waals surface area contributed by atoms with E-state index in [4.69, 9.17) is 17.3 Å². The molecule has 2 aliphatic rings. The van der Waals surface area contributed by atoms with Gasteiger partial charge in [0.15, 0.2) is 0 Å². The first-order chi connectivity index (χ1) is 9.47. The number of nitrogens with zero attached hydrogens (tertiary/aromatic N) is 1. The highest BCUT2D eigenvalue weighted by atomic mass is 79.9. The number of benzene rings is 1. The van der Waals surface area contributed by atoms with Gasteiger partial charge in [0, 0.05) is 23.6 Å². The van der Waals surface area contributed by atoms with E-state index in [0.29, 0.717) is 22.9 Å². The molecule has 108 valence electrons. The number of carbonyl (C=O) groups is 1. The van der Waals surface area contributed by atoms with E-state index >= 15 is 0 Å². The van der Waals surface area contributed by atoms with E-state index in [-0.39, 0.29) is 28.3 Å². The van der Waals surface area contributed by atoms with Crippen molar-refractivity contribution in [2.75, 3.05) is 13.1 Å². The van der Waals surface area contributed by atoms with Crippen LogP contribution < -0.4 is 5.73 Å². The molecule has 4 nitrogen and oxygen atoms in total. The quantitative estimate of drug-likeness (QED) is 0.810. The maximum absolute atomic E-state index is 12.6. The number of nitrogens with two attached hydrogens (primary N) is 1. The van der Waals surface area contributed by atoms with Crippen LogP contribution in [0.4, 0.5) is 0 Å². The van der Waals surface area contributed by atoms with E-state index in [1.807, 2.05) is 0 Å². The average molecular weight is 360 g/mol. The normalized spacial score (nSPS) is 28.8. The second-order valence-electron chi connectivity index (χ2n) is 5.66. The second-order valence-corrected chi connectivity index (χ2v) is 6.98. The molecule has 0 spiro atoms. The molecule has 1 saturated heterocycles. The van der Waals surface area contributed by atoms with Gasteiger partial charge < -0.3 is 15.7 Å². The molecule has 1 saturated carbocycles. The summed E-state index contributed by atoms with van der Waals surface area (Å²) in [5.41, 5.74) is 6.33. The highest BCUT2D eigenvalue weighted by Gasteiger charge is 2.43. The van der Waals surface area contributed by atoms with Crippen molar-refractivity contribution < 1.29 is 9.90 Å². The van der Waals surface area contributed by atoms with Gasteiger partial charge in [-0.05, 0) is 36.8 Å². The number of rotatable bonds is 1. The first-order valence-electron chi connectivity index (χ1n) is 6.70. The summed E-state index contributed by atoms with van der Waals surface area (Å²) in [7, 11) is 0. The van der Waals surface area contributed by atoms with E-state index in [0.717, 1.165) is 19.4 Å². The first kappa shape index (κ1) is 14.2. The molecule has 20 heavy (non-hydrogen) atoms. The smallest absolute Gasteiger partial charge is 0.257 e. The minimum atomic E-state index is -0.174. The fraction of sp³-hybridized carbons (Fsp3) is 0.500. The molecule has 3 atom stereocenters. The van der Waals surface area contributed by atoms with Crippen LogP contribution in [0, 0.1) is 11.8 Å². The van der Waals surface area contributed by atoms with E-state index in [2.05, 4.69) is 15.9 Å². The maximum Gasteiger partial charge on any atom is 0.257 e. The van der Waals surface area contributed by atoms with Crippen LogP contribution >= 0.6 is 27.5 Å². The zero-order chi connectivity index (χ0) is 14.4. The molecule has 3 N–H and O–H groups in total. The summed E-state index contributed by atoms with van der Waals surface area (Å²) in [6.07, 6.45) is 2.13. The Kier molecular flexibility index (Phi) is 3.69. The summed E-state index contributed by atoms with van der Waals surface area (Å²) in [5, 5.41) is 10.2. The molecule has 0 aromatic heterocycles. The molecule has 1 aromatic rings. The second kappa shape index (κ2) is 5.20. The van der Waals surface area contributed by atoms with Crippen LogP contribution in [-0.2, 0) is 0 Å². The van der Waals surface area contributed by atoms with Crippen LogP contribution in [0.2, 0.25) is 5.02 Å². The van der Waals surface area contributed by atoms with Crippen molar-refractivity contribution in [1.82, 2.24) is 4.90 Å². The van der Waals surface area contributed by atoms with Gasteiger partial charge in [0.2, 0.25) is 0 Å². The van der Waals surface area contributed by atoms with Crippen molar-refractivity contribution in [3.63, 3.8) is 0 Å². The molecular formula is C14H16BrClN2O2. The molecule has 1 aromatic carbocycles. The highest BCUT2D eigenvalue weighted by Crippen LogP contribution is 2.39. The Morgan fingerprint density at radius 2 is 2.15 bits per heavy atom. The third kappa shape index (κ3) is 2.32. The molecule has 6 heteroatoms. The topological polar surface area (TPSA) is 66.6 Å². The Morgan fingerprint density at radius 1 is 1.40 bits per heavy atom. The average Bonchev–Trinajstić information content (AvgIpc) is 2.96. The number of carbonyl (C=O) groups excluding carboxylic acids is 1. The lowest BCUT2D eigenvalue weighted by molar-refractivity contribution is 0.0776. The van der Waals surface area contributed by atoms with E-state index in [1.54, 1.807) is 17.0 Å². The van der Waals surface area contributed by atoms with Crippen molar-refractivity contribution in [1.29, 1.82) is 0 Å². The molecule has 3 unspecified atom stereocenters. The van der Waals surface area contributed by atoms with Crippen LogP contribution in [0.25, 0.3) is 0 Å². The maximum atomic E-state index is 12.6. The Bertz CT molecular complexity index is 566. The summed E-state index contributed by atoms with van der Waals surface area (Å²) < 4.78 is 0.680. The fourth-order valence-electron chi connectivity index (χ4n) is 3.37. The minimum Gasteiger partial charge on any atom is -0.506 e. The standard InChI is InChI=1S/C14H16BrClN2O2/c15-8-3-9(13(19)11(16)4-8)14(20)18-5-7-1-2-12(17)10(7)6-18/h3-4,7,10,12,19H,1-2,5-6,17H2. The predicted molar refractivity (Wildman–Crippen MR) is 80.9 cm³/mol. The van der Waals surface area contributed by atoms with E-state index in [1.165, 1.54) is 0 Å². The monoisotopic (exact) mass is 358 g/mol. The molecule has 3 rings (SSSR count). The number of amides is 1. The fourth-order valence-corrected chi connectivity index (χ4v) is 4.18. The number of fused-ring (bicyclic) bond motifs is 1. The van der Waals surface area contributed by atoms with Gasteiger partial charge in [-0.3, -0.25) is 4.79 Å². The van der Waals surface area contributed by atoms with Crippen molar-refractivity contribution in [3.05, 3.63) is 27.2 Å². The van der Waals surface area contributed by atoms with Gasteiger partial charge in [0.1, 0.15) is 5.75 Å². The lowest BCUT2D eigenvalue weighted by Gasteiger charge is -2.19. The van der Waals surface area contributed by atoms with Crippen molar-refractivity contribution >= 4 is 33.4 Å². The number of halogens is 2. The molecule has 0 radical (unpaired) electrons. The number of phenols is 1. The van der Waals surface area contributed by atoms with Gasteiger partial charge in [-0.25, -0.2) is 0 Å². The molecule has 1 amide bonds. The molecule has 1 heterocycles. The van der Waals surface area contributed by atoms with Crippen molar-refractivity contribution in [3.8, 4) is 5.75 Å². The van der Waals surface area contributed by atoms with Crippen LogP contribution in [0.1, 0.15) is 23.2 Å². The molecule has 2 fully saturated rings. The Morgan fingerprint density at radius 3 is 2.85 bits per heavy atom. The van der Waals surface area contributed by atoms with Crippen LogP contribution in [0.3, 0.4) is 0 Å². The number of hydrogen-bond acceptors (Lipinski definition) is 3. The van der Waals surface area contributed by atoms with Crippen molar-refractivity contribution in [2.24, 2.45) is 17.6 Å². The lowest BCUT2D eigenvalue weighted by Crippen LogP contribution is -2.33. The highest BCUT2D eigenvalue weighted by molar-refractivity contribution is 9.10.